The maximum atomic E-state index is 14.8. The largest absolute Gasteiger partial charge is 0.370 e. The predicted octanol–water partition coefficient (Wildman–Crippen LogP) is 1.94. The molecule has 0 atom stereocenters. The molecule has 1 aromatic carbocycles. The molecule has 0 heterocycles. The quantitative estimate of drug-likeness (QED) is 0.635. The fourth-order valence-electron chi connectivity index (χ4n) is 3.18. The molecule has 0 unspecified atom stereocenters. The number of sulfone groups is 1. The van der Waals surface area contributed by atoms with E-state index in [1.54, 1.807) is 0 Å². The summed E-state index contributed by atoms with van der Waals surface area (Å²) in [6.07, 6.45) is 4.46. The van der Waals surface area contributed by atoms with Crippen LogP contribution in [-0.2, 0) is 9.84 Å². The van der Waals surface area contributed by atoms with Gasteiger partial charge < -0.3 is 11.5 Å². The number of guanidine groups is 1. The molecule has 1 aromatic rings. The zero-order chi connectivity index (χ0) is 18.1. The number of carbonyl (C=O) groups is 1. The Morgan fingerprint density at radius 2 is 1.79 bits per heavy atom. The zero-order valence-corrected chi connectivity index (χ0v) is 14.6. The second kappa shape index (κ2) is 6.88. The van der Waals surface area contributed by atoms with E-state index < -0.39 is 38.0 Å². The highest BCUT2D eigenvalue weighted by Gasteiger charge is 2.30. The minimum absolute atomic E-state index is 0.0346. The fourth-order valence-corrected chi connectivity index (χ4v) is 4.28. The summed E-state index contributed by atoms with van der Waals surface area (Å²) < 4.78 is 39.1. The van der Waals surface area contributed by atoms with E-state index in [2.05, 4.69) is 11.9 Å². The number of hydrogen-bond donors (Lipinski definition) is 2. The number of halogens is 1. The van der Waals surface area contributed by atoms with Crippen LogP contribution in [0.25, 0.3) is 0 Å². The van der Waals surface area contributed by atoms with Crippen LogP contribution in [-0.4, -0.2) is 26.5 Å². The molecule has 1 aliphatic rings. The second-order valence-electron chi connectivity index (χ2n) is 6.42. The molecular weight excluding hydrogens is 333 g/mol. The Balaban J connectivity index is 2.56. The van der Waals surface area contributed by atoms with E-state index >= 15 is 0 Å². The first kappa shape index (κ1) is 18.4. The normalized spacial score (nSPS) is 21.3. The molecule has 0 saturated heterocycles. The zero-order valence-electron chi connectivity index (χ0n) is 13.8. The number of rotatable bonds is 3. The van der Waals surface area contributed by atoms with E-state index in [-0.39, 0.29) is 5.92 Å². The molecule has 0 spiro atoms. The fraction of sp³-hybridized carbons (Fsp3) is 0.500. The molecule has 2 rings (SSSR count). The first-order chi connectivity index (χ1) is 11.1. The number of hydrogen-bond acceptors (Lipinski definition) is 3. The van der Waals surface area contributed by atoms with E-state index in [9.17, 15) is 17.6 Å². The maximum absolute atomic E-state index is 14.8. The Morgan fingerprint density at radius 3 is 2.29 bits per heavy atom. The van der Waals surface area contributed by atoms with Gasteiger partial charge in [0, 0.05) is 6.26 Å². The van der Waals surface area contributed by atoms with Crippen molar-refractivity contribution in [2.75, 3.05) is 6.26 Å². The first-order valence-corrected chi connectivity index (χ1v) is 9.66. The molecule has 0 radical (unpaired) electrons. The van der Waals surface area contributed by atoms with Crippen molar-refractivity contribution in [1.82, 2.24) is 0 Å². The number of aliphatic imine (C=N–C) groups is 1. The second-order valence-corrected chi connectivity index (χ2v) is 8.37. The lowest BCUT2D eigenvalue weighted by atomic mass is 9.79. The van der Waals surface area contributed by atoms with Crippen LogP contribution in [0.3, 0.4) is 0 Å². The van der Waals surface area contributed by atoms with Crippen molar-refractivity contribution in [2.45, 2.75) is 43.4 Å². The van der Waals surface area contributed by atoms with Gasteiger partial charge in [-0.1, -0.05) is 25.8 Å². The summed E-state index contributed by atoms with van der Waals surface area (Å²) in [6, 6.07) is 2.77. The van der Waals surface area contributed by atoms with Crippen molar-refractivity contribution in [1.29, 1.82) is 0 Å². The lowest BCUT2D eigenvalue weighted by Crippen LogP contribution is -2.24. The molecule has 1 aliphatic carbocycles. The average Bonchev–Trinajstić information content (AvgIpc) is 2.45. The van der Waals surface area contributed by atoms with Crippen molar-refractivity contribution in [3.05, 3.63) is 29.1 Å². The Bertz CT molecular complexity index is 778. The van der Waals surface area contributed by atoms with Gasteiger partial charge in [0.1, 0.15) is 4.90 Å². The van der Waals surface area contributed by atoms with Crippen LogP contribution in [0.1, 0.15) is 54.4 Å². The Morgan fingerprint density at radius 1 is 1.21 bits per heavy atom. The molecule has 24 heavy (non-hydrogen) atoms. The highest BCUT2D eigenvalue weighted by Crippen LogP contribution is 2.39. The van der Waals surface area contributed by atoms with Crippen molar-refractivity contribution in [3.63, 3.8) is 0 Å². The van der Waals surface area contributed by atoms with Gasteiger partial charge in [0.15, 0.2) is 21.6 Å². The van der Waals surface area contributed by atoms with Crippen LogP contribution >= 0.6 is 0 Å². The highest BCUT2D eigenvalue weighted by atomic mass is 32.2. The third kappa shape index (κ3) is 3.92. The Labute approximate surface area is 141 Å². The van der Waals surface area contributed by atoms with Crippen molar-refractivity contribution in [2.24, 2.45) is 22.4 Å². The molecule has 0 bridgehead atoms. The minimum atomic E-state index is -3.85. The van der Waals surface area contributed by atoms with E-state index in [1.807, 2.05) is 0 Å². The Hall–Kier alpha value is -1.96. The van der Waals surface area contributed by atoms with Crippen molar-refractivity contribution in [3.8, 4) is 0 Å². The number of benzene rings is 1. The Kier molecular flexibility index (Phi) is 5.27. The summed E-state index contributed by atoms with van der Waals surface area (Å²) >= 11 is 0. The van der Waals surface area contributed by atoms with Gasteiger partial charge in [-0.05, 0) is 36.3 Å². The summed E-state index contributed by atoms with van der Waals surface area (Å²) in [5, 5.41) is 0. The summed E-state index contributed by atoms with van der Waals surface area (Å²) in [4.78, 5) is 14.8. The summed E-state index contributed by atoms with van der Waals surface area (Å²) in [5.74, 6) is -2.04. The summed E-state index contributed by atoms with van der Waals surface area (Å²) in [7, 11) is -3.85. The highest BCUT2D eigenvalue weighted by molar-refractivity contribution is 7.90. The van der Waals surface area contributed by atoms with Gasteiger partial charge in [0.05, 0.1) is 5.56 Å². The summed E-state index contributed by atoms with van der Waals surface area (Å²) in [6.45, 7) is 2.14. The molecule has 1 saturated carbocycles. The smallest absolute Gasteiger partial charge is 0.283 e. The van der Waals surface area contributed by atoms with E-state index in [0.29, 0.717) is 11.5 Å². The topological polar surface area (TPSA) is 116 Å². The lowest BCUT2D eigenvalue weighted by Gasteiger charge is -2.28. The predicted molar refractivity (Wildman–Crippen MR) is 90.0 cm³/mol. The van der Waals surface area contributed by atoms with Crippen LogP contribution in [0, 0.1) is 11.7 Å². The average molecular weight is 355 g/mol. The molecule has 0 aliphatic heterocycles. The molecule has 4 N–H and O–H groups in total. The third-order valence-corrected chi connectivity index (χ3v) is 5.57. The molecular formula is C16H22FN3O3S. The van der Waals surface area contributed by atoms with Crippen molar-refractivity contribution < 1.29 is 17.6 Å². The number of nitrogens with zero attached hydrogens (tertiary/aromatic N) is 1. The molecule has 8 heteroatoms. The van der Waals surface area contributed by atoms with Gasteiger partial charge in [-0.15, -0.1) is 0 Å². The minimum Gasteiger partial charge on any atom is -0.370 e. The SMILES string of the molecule is CC1CCC(c2ccc(C(=O)N=C(N)N)c(F)c2S(C)(=O)=O)CC1. The van der Waals surface area contributed by atoms with Gasteiger partial charge in [-0.3, -0.25) is 4.79 Å². The van der Waals surface area contributed by atoms with Crippen LogP contribution in [0.5, 0.6) is 0 Å². The molecule has 0 aromatic heterocycles. The van der Waals surface area contributed by atoms with E-state index in [0.717, 1.165) is 31.9 Å². The maximum Gasteiger partial charge on any atom is 0.283 e. The number of nitrogens with two attached hydrogens (primary N) is 2. The van der Waals surface area contributed by atoms with E-state index in [4.69, 9.17) is 11.5 Å². The van der Waals surface area contributed by atoms with E-state index in [1.165, 1.54) is 12.1 Å². The van der Waals surface area contributed by atoms with Crippen LogP contribution in [0.4, 0.5) is 4.39 Å². The number of amides is 1. The van der Waals surface area contributed by atoms with Crippen molar-refractivity contribution >= 4 is 21.7 Å². The van der Waals surface area contributed by atoms with Gasteiger partial charge >= 0.3 is 0 Å². The standard InChI is InChI=1S/C16H22FN3O3S/c1-9-3-5-10(6-4-9)11-7-8-12(15(21)20-16(18)19)13(17)14(11)24(2,22)23/h7-10H,3-6H2,1-2H3,(H4,18,19,20,21). The monoisotopic (exact) mass is 355 g/mol. The van der Waals surface area contributed by atoms with Crippen LogP contribution in [0.2, 0.25) is 0 Å². The van der Waals surface area contributed by atoms with Gasteiger partial charge in [-0.25, -0.2) is 12.8 Å². The first-order valence-electron chi connectivity index (χ1n) is 7.77. The number of carbonyl (C=O) groups excluding carboxylic acids is 1. The molecule has 132 valence electrons. The summed E-state index contributed by atoms with van der Waals surface area (Å²) in [5.41, 5.74) is 10.2. The van der Waals surface area contributed by atoms with Gasteiger partial charge in [0.2, 0.25) is 0 Å². The molecule has 1 amide bonds. The molecule has 6 nitrogen and oxygen atoms in total. The van der Waals surface area contributed by atoms with Crippen LogP contribution in [0.15, 0.2) is 22.0 Å². The third-order valence-electron chi connectivity index (χ3n) is 4.42. The van der Waals surface area contributed by atoms with Crippen LogP contribution < -0.4 is 11.5 Å². The lowest BCUT2D eigenvalue weighted by molar-refractivity contribution is 0.0998. The van der Waals surface area contributed by atoms with Gasteiger partial charge in [0.25, 0.3) is 5.91 Å². The molecule has 1 fully saturated rings. The van der Waals surface area contributed by atoms with Gasteiger partial charge in [-0.2, -0.15) is 4.99 Å².